The van der Waals surface area contributed by atoms with Crippen LogP contribution < -0.4 is 9.47 Å². The van der Waals surface area contributed by atoms with E-state index in [0.717, 1.165) is 26.2 Å². The van der Waals surface area contributed by atoms with Gasteiger partial charge in [-0.1, -0.05) is 6.07 Å². The lowest BCUT2D eigenvalue weighted by Crippen LogP contribution is -1.92. The molecule has 0 spiro atoms. The number of benzene rings is 2. The maximum absolute atomic E-state index is 5.30. The quantitative estimate of drug-likeness (QED) is 0.627. The van der Waals surface area contributed by atoms with Crippen molar-refractivity contribution in [1.82, 2.24) is 0 Å². The molecular formula is C14H11I2O2. The van der Waals surface area contributed by atoms with E-state index < -0.39 is 0 Å². The molecule has 0 unspecified atom stereocenters. The molecule has 0 aromatic heterocycles. The Balaban J connectivity index is 2.63. The van der Waals surface area contributed by atoms with Gasteiger partial charge in [-0.15, -0.1) is 0 Å². The molecule has 2 aromatic carbocycles. The van der Waals surface area contributed by atoms with Crippen molar-refractivity contribution in [2.75, 3.05) is 14.2 Å². The van der Waals surface area contributed by atoms with Gasteiger partial charge in [-0.2, -0.15) is 0 Å². The van der Waals surface area contributed by atoms with E-state index in [1.807, 2.05) is 30.3 Å². The van der Waals surface area contributed by atoms with Gasteiger partial charge in [0.25, 0.3) is 0 Å². The third kappa shape index (κ3) is 2.90. The van der Waals surface area contributed by atoms with E-state index in [1.165, 1.54) is 3.57 Å². The molecule has 18 heavy (non-hydrogen) atoms. The maximum Gasteiger partial charge on any atom is 0.123 e. The van der Waals surface area contributed by atoms with Gasteiger partial charge in [-0.3, -0.25) is 0 Å². The van der Waals surface area contributed by atoms with E-state index in [4.69, 9.17) is 9.47 Å². The Hall–Kier alpha value is -0.500. The van der Waals surface area contributed by atoms with Crippen LogP contribution in [0, 0.1) is 13.2 Å². The molecule has 0 bridgehead atoms. The third-order valence-electron chi connectivity index (χ3n) is 2.54. The molecule has 0 saturated carbocycles. The molecule has 2 aromatic rings. The van der Waals surface area contributed by atoms with Crippen molar-refractivity contribution in [3.63, 3.8) is 0 Å². The predicted octanol–water partition coefficient (Wildman–Crippen LogP) is 4.38. The standard InChI is InChI=1S/C14H11I2O2/c1-17-10-6-9(7-11(8-10)18-2)14-12(15)4-3-5-13(14)16/h3-4,6-8H,1-2H3. The molecule has 2 rings (SSSR count). The summed E-state index contributed by atoms with van der Waals surface area (Å²) in [4.78, 5) is 0. The van der Waals surface area contributed by atoms with Crippen LogP contribution in [0.2, 0.25) is 0 Å². The first-order valence-corrected chi connectivity index (χ1v) is 7.40. The van der Waals surface area contributed by atoms with Gasteiger partial charge in [0.1, 0.15) is 11.5 Å². The van der Waals surface area contributed by atoms with E-state index in [2.05, 4.69) is 51.2 Å². The molecule has 0 fully saturated rings. The molecule has 4 heteroatoms. The van der Waals surface area contributed by atoms with Crippen LogP contribution in [0.5, 0.6) is 11.5 Å². The fourth-order valence-electron chi connectivity index (χ4n) is 1.66. The minimum atomic E-state index is 0.791. The van der Waals surface area contributed by atoms with Crippen molar-refractivity contribution < 1.29 is 9.47 Å². The Morgan fingerprint density at radius 3 is 2.11 bits per heavy atom. The average molecular weight is 465 g/mol. The second-order valence-corrected chi connectivity index (χ2v) is 5.86. The lowest BCUT2D eigenvalue weighted by atomic mass is 10.1. The van der Waals surface area contributed by atoms with Crippen molar-refractivity contribution >= 4 is 45.2 Å². The highest BCUT2D eigenvalue weighted by atomic mass is 127. The van der Waals surface area contributed by atoms with Gasteiger partial charge >= 0.3 is 0 Å². The summed E-state index contributed by atoms with van der Waals surface area (Å²) in [6.07, 6.45) is 0. The number of hydrogen-bond acceptors (Lipinski definition) is 2. The summed E-state index contributed by atoms with van der Waals surface area (Å²) < 4.78 is 12.9. The first-order valence-electron chi connectivity index (χ1n) is 5.25. The summed E-state index contributed by atoms with van der Waals surface area (Å²) >= 11 is 4.63. The maximum atomic E-state index is 5.30. The van der Waals surface area contributed by atoms with E-state index in [-0.39, 0.29) is 0 Å². The van der Waals surface area contributed by atoms with Crippen molar-refractivity contribution in [2.45, 2.75) is 0 Å². The third-order valence-corrected chi connectivity index (χ3v) is 4.29. The normalized spacial score (nSPS) is 10.2. The zero-order valence-corrected chi connectivity index (χ0v) is 14.3. The largest absolute Gasteiger partial charge is 0.497 e. The molecule has 0 N–H and O–H groups in total. The van der Waals surface area contributed by atoms with Crippen LogP contribution in [0.4, 0.5) is 0 Å². The Bertz CT molecular complexity index is 525. The molecule has 0 atom stereocenters. The van der Waals surface area contributed by atoms with Crippen LogP contribution in [-0.4, -0.2) is 14.2 Å². The second kappa shape index (κ2) is 6.10. The molecule has 0 aliphatic carbocycles. The number of halogens is 2. The number of hydrogen-bond donors (Lipinski definition) is 0. The highest BCUT2D eigenvalue weighted by Crippen LogP contribution is 2.34. The number of rotatable bonds is 3. The molecule has 0 amide bonds. The van der Waals surface area contributed by atoms with Gasteiger partial charge in [0, 0.05) is 18.8 Å². The average Bonchev–Trinajstić information content (AvgIpc) is 2.38. The van der Waals surface area contributed by atoms with Gasteiger partial charge in [-0.25, -0.2) is 0 Å². The summed E-state index contributed by atoms with van der Waals surface area (Å²) in [7, 11) is 3.32. The fraction of sp³-hybridized carbons (Fsp3) is 0.143. The van der Waals surface area contributed by atoms with E-state index in [1.54, 1.807) is 14.2 Å². The van der Waals surface area contributed by atoms with E-state index in [9.17, 15) is 0 Å². The monoisotopic (exact) mass is 465 g/mol. The smallest absolute Gasteiger partial charge is 0.123 e. The first kappa shape index (κ1) is 13.9. The Morgan fingerprint density at radius 1 is 1.00 bits per heavy atom. The van der Waals surface area contributed by atoms with Crippen LogP contribution in [0.15, 0.2) is 30.3 Å². The van der Waals surface area contributed by atoms with Crippen LogP contribution in [0.3, 0.4) is 0 Å². The number of methoxy groups -OCH3 is 2. The summed E-state index contributed by atoms with van der Waals surface area (Å²) in [5.41, 5.74) is 2.24. The fourth-order valence-corrected chi connectivity index (χ4v) is 3.72. The van der Waals surface area contributed by atoms with Crippen molar-refractivity contribution in [3.8, 4) is 22.6 Å². The highest BCUT2D eigenvalue weighted by Gasteiger charge is 2.10. The molecule has 93 valence electrons. The Labute approximate surface area is 134 Å². The van der Waals surface area contributed by atoms with Crippen LogP contribution >= 0.6 is 45.2 Å². The van der Waals surface area contributed by atoms with E-state index >= 15 is 0 Å². The minimum Gasteiger partial charge on any atom is -0.497 e. The molecule has 2 nitrogen and oxygen atoms in total. The van der Waals surface area contributed by atoms with Crippen LogP contribution in [0.1, 0.15) is 0 Å². The van der Waals surface area contributed by atoms with Gasteiger partial charge in [-0.05, 0) is 75.0 Å². The predicted molar refractivity (Wildman–Crippen MR) is 89.3 cm³/mol. The molecule has 0 heterocycles. The summed E-state index contributed by atoms with van der Waals surface area (Å²) in [5.74, 6) is 1.58. The molecule has 1 radical (unpaired) electrons. The number of ether oxygens (including phenoxy) is 2. The van der Waals surface area contributed by atoms with Crippen LogP contribution in [0.25, 0.3) is 11.1 Å². The Morgan fingerprint density at radius 2 is 1.61 bits per heavy atom. The molecular weight excluding hydrogens is 454 g/mol. The SMILES string of the molecule is COc1cc(OC)cc(-c2c(I)[c]ccc2I)c1. The zero-order chi connectivity index (χ0) is 13.1. The lowest BCUT2D eigenvalue weighted by molar-refractivity contribution is 0.394. The topological polar surface area (TPSA) is 18.5 Å². The van der Waals surface area contributed by atoms with Crippen molar-refractivity contribution in [2.24, 2.45) is 0 Å². The summed E-state index contributed by atoms with van der Waals surface area (Å²) in [6, 6.07) is 13.1. The van der Waals surface area contributed by atoms with Gasteiger partial charge in [0.2, 0.25) is 0 Å². The van der Waals surface area contributed by atoms with Crippen molar-refractivity contribution in [3.05, 3.63) is 43.5 Å². The zero-order valence-electron chi connectivity index (χ0n) is 9.96. The highest BCUT2D eigenvalue weighted by molar-refractivity contribution is 14.1. The van der Waals surface area contributed by atoms with Gasteiger partial charge < -0.3 is 9.47 Å². The summed E-state index contributed by atoms with van der Waals surface area (Å²) in [5, 5.41) is 0. The summed E-state index contributed by atoms with van der Waals surface area (Å²) in [6.45, 7) is 0. The Kier molecular flexibility index (Phi) is 4.71. The van der Waals surface area contributed by atoms with Crippen LogP contribution in [-0.2, 0) is 0 Å². The first-order chi connectivity index (χ1) is 8.65. The van der Waals surface area contributed by atoms with Gasteiger partial charge in [0.05, 0.1) is 14.2 Å². The minimum absolute atomic E-state index is 0.791. The molecule has 0 aliphatic heterocycles. The molecule has 0 saturated heterocycles. The second-order valence-electron chi connectivity index (χ2n) is 3.62. The van der Waals surface area contributed by atoms with Crippen molar-refractivity contribution in [1.29, 1.82) is 0 Å². The molecule has 0 aliphatic rings. The lowest BCUT2D eigenvalue weighted by Gasteiger charge is -2.11. The van der Waals surface area contributed by atoms with E-state index in [0.29, 0.717) is 0 Å². The van der Waals surface area contributed by atoms with Gasteiger partial charge in [0.15, 0.2) is 0 Å².